The van der Waals surface area contributed by atoms with Gasteiger partial charge < -0.3 is 15.1 Å². The average Bonchev–Trinajstić information content (AvgIpc) is 3.13. The number of rotatable bonds is 2. The zero-order valence-corrected chi connectivity index (χ0v) is 15.9. The number of nitrogens with one attached hydrogen (secondary N) is 2. The molecule has 28 heavy (non-hydrogen) atoms. The van der Waals surface area contributed by atoms with Crippen molar-refractivity contribution in [3.05, 3.63) is 30.7 Å². The Morgan fingerprint density at radius 3 is 3.04 bits per heavy atom. The predicted molar refractivity (Wildman–Crippen MR) is 108 cm³/mol. The summed E-state index contributed by atoms with van der Waals surface area (Å²) >= 11 is 0. The Morgan fingerprint density at radius 2 is 2.21 bits per heavy atom. The summed E-state index contributed by atoms with van der Waals surface area (Å²) in [6.07, 6.45) is 5.64. The van der Waals surface area contributed by atoms with Crippen molar-refractivity contribution in [2.45, 2.75) is 25.4 Å². The number of nitrogens with zero attached hydrogens (tertiary/aromatic N) is 6. The van der Waals surface area contributed by atoms with Crippen LogP contribution in [0, 0.1) is 0 Å². The fraction of sp³-hybridized carbons (Fsp3) is 0.474. The van der Waals surface area contributed by atoms with Gasteiger partial charge >= 0.3 is 6.03 Å². The van der Waals surface area contributed by atoms with Crippen LogP contribution in [-0.2, 0) is 0 Å². The average molecular weight is 380 g/mol. The summed E-state index contributed by atoms with van der Waals surface area (Å²) < 4.78 is 0. The molecule has 0 aromatic carbocycles. The molecule has 2 amide bonds. The smallest absolute Gasteiger partial charge is 0.329 e. The number of carbonyl (C=O) groups is 1. The van der Waals surface area contributed by atoms with E-state index in [9.17, 15) is 4.79 Å². The van der Waals surface area contributed by atoms with E-state index in [1.807, 2.05) is 4.90 Å². The predicted octanol–water partition coefficient (Wildman–Crippen LogP) is 1.30. The number of hydrogen-bond donors (Lipinski definition) is 2. The van der Waals surface area contributed by atoms with Gasteiger partial charge in [0.15, 0.2) is 11.6 Å². The highest BCUT2D eigenvalue weighted by atomic mass is 16.2. The van der Waals surface area contributed by atoms with Crippen molar-refractivity contribution in [3.63, 3.8) is 0 Å². The molecule has 2 aromatic heterocycles. The van der Waals surface area contributed by atoms with Gasteiger partial charge in [-0.15, -0.1) is 0 Å². The van der Waals surface area contributed by atoms with Crippen LogP contribution in [0.5, 0.6) is 0 Å². The first-order valence-electron chi connectivity index (χ1n) is 9.80. The molecule has 2 fully saturated rings. The van der Waals surface area contributed by atoms with Gasteiger partial charge in [0.05, 0.1) is 17.9 Å². The summed E-state index contributed by atoms with van der Waals surface area (Å²) in [5, 5.41) is 6.28. The number of fused-ring (bicyclic) bond motifs is 4. The van der Waals surface area contributed by atoms with Gasteiger partial charge in [0.25, 0.3) is 0 Å². The van der Waals surface area contributed by atoms with Crippen LogP contribution in [0.2, 0.25) is 0 Å². The van der Waals surface area contributed by atoms with Crippen LogP contribution in [-0.4, -0.2) is 65.8 Å². The van der Waals surface area contributed by atoms with Crippen LogP contribution in [0.3, 0.4) is 0 Å². The first-order valence-corrected chi connectivity index (χ1v) is 9.80. The van der Waals surface area contributed by atoms with E-state index in [0.717, 1.165) is 56.5 Å². The van der Waals surface area contributed by atoms with Crippen molar-refractivity contribution in [1.82, 2.24) is 20.3 Å². The van der Waals surface area contributed by atoms with Crippen molar-refractivity contribution in [2.24, 2.45) is 0 Å². The lowest BCUT2D eigenvalue weighted by atomic mass is 10.1. The molecule has 2 bridgehead atoms. The fourth-order valence-electron chi connectivity index (χ4n) is 4.34. The maximum Gasteiger partial charge on any atom is 0.329 e. The van der Waals surface area contributed by atoms with E-state index in [0.29, 0.717) is 11.9 Å². The van der Waals surface area contributed by atoms with Crippen LogP contribution in [0.15, 0.2) is 30.7 Å². The lowest BCUT2D eigenvalue weighted by Crippen LogP contribution is -2.51. The molecule has 5 heterocycles. The minimum absolute atomic E-state index is 0.118. The monoisotopic (exact) mass is 380 g/mol. The maximum absolute atomic E-state index is 13.1. The SMILES string of the molecule is CC1CNCCN1c1ccc2c(n1)N(C(=O)Nc1cnccn1)[C@H]1CCN2C1. The lowest BCUT2D eigenvalue weighted by Gasteiger charge is -2.38. The number of piperazine rings is 1. The normalized spacial score (nSPS) is 23.5. The standard InChI is InChI=1S/C19H24N8O/c1-13-10-21-7-9-26(13)17-3-2-15-18(24-17)27(14-4-8-25(15)12-14)19(28)23-16-11-20-5-6-22-16/h2-3,5-6,11,13-14,21H,4,7-10,12H2,1H3,(H,22,23,28)/t13?,14-/m0/s1. The second-order valence-electron chi connectivity index (χ2n) is 7.54. The molecule has 3 aliphatic rings. The number of hydrogen-bond acceptors (Lipinski definition) is 7. The molecular weight excluding hydrogens is 356 g/mol. The molecule has 0 saturated carbocycles. The van der Waals surface area contributed by atoms with Crippen LogP contribution in [0.4, 0.5) is 27.9 Å². The molecule has 9 nitrogen and oxygen atoms in total. The number of pyridine rings is 1. The summed E-state index contributed by atoms with van der Waals surface area (Å²) in [7, 11) is 0. The summed E-state index contributed by atoms with van der Waals surface area (Å²) in [4.78, 5) is 32.7. The molecule has 0 radical (unpaired) electrons. The number of carbonyl (C=O) groups excluding carboxylic acids is 1. The maximum atomic E-state index is 13.1. The molecule has 0 aliphatic carbocycles. The van der Waals surface area contributed by atoms with Gasteiger partial charge in [-0.25, -0.2) is 14.8 Å². The number of anilines is 4. The van der Waals surface area contributed by atoms with Gasteiger partial charge in [-0.1, -0.05) is 0 Å². The second kappa shape index (κ2) is 6.90. The van der Waals surface area contributed by atoms with E-state index in [1.54, 1.807) is 18.6 Å². The zero-order chi connectivity index (χ0) is 19.1. The van der Waals surface area contributed by atoms with E-state index in [1.165, 1.54) is 0 Å². The molecule has 2 saturated heterocycles. The highest BCUT2D eigenvalue weighted by Crippen LogP contribution is 2.40. The van der Waals surface area contributed by atoms with E-state index >= 15 is 0 Å². The molecule has 9 heteroatoms. The quantitative estimate of drug-likeness (QED) is 0.812. The molecule has 2 atom stereocenters. The van der Waals surface area contributed by atoms with Crippen molar-refractivity contribution in [2.75, 3.05) is 52.7 Å². The Hall–Kier alpha value is -2.94. The summed E-state index contributed by atoms with van der Waals surface area (Å²) in [6, 6.07) is 4.47. The highest BCUT2D eigenvalue weighted by Gasteiger charge is 2.40. The Labute approximate surface area is 163 Å². The summed E-state index contributed by atoms with van der Waals surface area (Å²) in [5.41, 5.74) is 1.02. The molecular formula is C19H24N8O. The van der Waals surface area contributed by atoms with Crippen molar-refractivity contribution < 1.29 is 4.79 Å². The van der Waals surface area contributed by atoms with Crippen LogP contribution < -0.4 is 25.3 Å². The Kier molecular flexibility index (Phi) is 4.23. The Morgan fingerprint density at radius 1 is 1.29 bits per heavy atom. The van der Waals surface area contributed by atoms with Gasteiger partial charge in [-0.2, -0.15) is 0 Å². The van der Waals surface area contributed by atoms with Crippen molar-refractivity contribution >= 4 is 29.2 Å². The third-order valence-corrected chi connectivity index (χ3v) is 5.75. The van der Waals surface area contributed by atoms with Gasteiger partial charge in [-0.3, -0.25) is 15.2 Å². The molecule has 146 valence electrons. The molecule has 2 N–H and O–H groups in total. The van der Waals surface area contributed by atoms with Crippen LogP contribution in [0.25, 0.3) is 0 Å². The van der Waals surface area contributed by atoms with E-state index in [4.69, 9.17) is 4.98 Å². The number of aromatic nitrogens is 3. The first-order chi connectivity index (χ1) is 13.7. The topological polar surface area (TPSA) is 89.5 Å². The van der Waals surface area contributed by atoms with Gasteiger partial charge in [0.1, 0.15) is 5.82 Å². The third-order valence-electron chi connectivity index (χ3n) is 5.75. The molecule has 5 rings (SSSR count). The number of urea groups is 1. The highest BCUT2D eigenvalue weighted by molar-refractivity contribution is 6.04. The molecule has 1 unspecified atom stereocenters. The summed E-state index contributed by atoms with van der Waals surface area (Å²) in [6.45, 7) is 6.76. The number of amides is 2. The summed E-state index contributed by atoms with van der Waals surface area (Å²) in [5.74, 6) is 2.10. The third kappa shape index (κ3) is 2.91. The lowest BCUT2D eigenvalue weighted by molar-refractivity contribution is 0.254. The van der Waals surface area contributed by atoms with E-state index in [2.05, 4.69) is 49.5 Å². The largest absolute Gasteiger partial charge is 0.366 e. The second-order valence-corrected chi connectivity index (χ2v) is 7.54. The van der Waals surface area contributed by atoms with Crippen LogP contribution >= 0.6 is 0 Å². The van der Waals surface area contributed by atoms with E-state index < -0.39 is 0 Å². The van der Waals surface area contributed by atoms with E-state index in [-0.39, 0.29) is 12.1 Å². The Balaban J connectivity index is 1.49. The van der Waals surface area contributed by atoms with Crippen LogP contribution in [0.1, 0.15) is 13.3 Å². The zero-order valence-electron chi connectivity index (χ0n) is 15.9. The van der Waals surface area contributed by atoms with Crippen molar-refractivity contribution in [1.29, 1.82) is 0 Å². The Bertz CT molecular complexity index is 875. The fourth-order valence-corrected chi connectivity index (χ4v) is 4.34. The molecule has 3 aliphatic heterocycles. The van der Waals surface area contributed by atoms with Gasteiger partial charge in [0, 0.05) is 51.2 Å². The van der Waals surface area contributed by atoms with Gasteiger partial charge in [0.2, 0.25) is 0 Å². The van der Waals surface area contributed by atoms with Gasteiger partial charge in [-0.05, 0) is 25.5 Å². The minimum atomic E-state index is -0.202. The minimum Gasteiger partial charge on any atom is -0.366 e. The molecule has 2 aromatic rings. The molecule has 0 spiro atoms. The van der Waals surface area contributed by atoms with Crippen molar-refractivity contribution in [3.8, 4) is 0 Å². The first kappa shape index (κ1) is 17.2.